The van der Waals surface area contributed by atoms with Crippen LogP contribution in [0.3, 0.4) is 0 Å². The second-order valence-electron chi connectivity index (χ2n) is 7.06. The second kappa shape index (κ2) is 8.98. The van der Waals surface area contributed by atoms with E-state index in [9.17, 15) is 13.2 Å². The van der Waals surface area contributed by atoms with Crippen molar-refractivity contribution in [3.63, 3.8) is 0 Å². The minimum Gasteiger partial charge on any atom is -0.361 e. The Bertz CT molecular complexity index is 1150. The van der Waals surface area contributed by atoms with Crippen LogP contribution >= 0.6 is 11.3 Å². The van der Waals surface area contributed by atoms with Gasteiger partial charge in [0.25, 0.3) is 0 Å². The van der Waals surface area contributed by atoms with Crippen LogP contribution in [-0.4, -0.2) is 40.8 Å². The first kappa shape index (κ1) is 21.2. The second-order valence-corrected chi connectivity index (χ2v) is 10.3. The molecule has 0 unspecified atom stereocenters. The number of hydrogen-bond donors (Lipinski definition) is 2. The number of anilines is 1. The van der Waals surface area contributed by atoms with E-state index in [4.69, 9.17) is 0 Å². The molecule has 0 saturated carbocycles. The van der Waals surface area contributed by atoms with E-state index >= 15 is 0 Å². The van der Waals surface area contributed by atoms with Crippen LogP contribution in [0, 0.1) is 0 Å². The fraction of sp³-hybridized carbons (Fsp3) is 0.300. The number of fused-ring (bicyclic) bond motifs is 1. The first-order valence-electron chi connectivity index (χ1n) is 9.81. The maximum atomic E-state index is 12.8. The number of nitrogens with zero attached hydrogens (tertiary/aromatic N) is 4. The third-order valence-electron chi connectivity index (χ3n) is 4.82. The van der Waals surface area contributed by atoms with Crippen LogP contribution in [-0.2, 0) is 29.5 Å². The highest BCUT2D eigenvalue weighted by atomic mass is 32.2. The van der Waals surface area contributed by atoms with E-state index in [1.807, 2.05) is 13.0 Å². The summed E-state index contributed by atoms with van der Waals surface area (Å²) < 4.78 is 25.8. The predicted octanol–water partition coefficient (Wildman–Crippen LogP) is 2.81. The zero-order chi connectivity index (χ0) is 21.8. The molecule has 31 heavy (non-hydrogen) atoms. The molecule has 3 aromatic rings. The first-order valence-corrected chi connectivity index (χ1v) is 12.1. The zero-order valence-corrected chi connectivity index (χ0v) is 18.5. The number of sulfone groups is 1. The maximum absolute atomic E-state index is 12.8. The molecule has 1 aliphatic rings. The molecule has 2 N–H and O–H groups in total. The van der Waals surface area contributed by atoms with E-state index in [1.54, 1.807) is 23.4 Å². The Kier molecular flexibility index (Phi) is 6.14. The highest BCUT2D eigenvalue weighted by molar-refractivity contribution is 7.93. The lowest BCUT2D eigenvalue weighted by atomic mass is 10.2. The van der Waals surface area contributed by atoms with Gasteiger partial charge in [-0.1, -0.05) is 18.3 Å². The summed E-state index contributed by atoms with van der Waals surface area (Å²) in [5.74, 6) is 0. The van der Waals surface area contributed by atoms with Crippen molar-refractivity contribution in [3.8, 4) is 0 Å². The van der Waals surface area contributed by atoms with Gasteiger partial charge in [-0.15, -0.1) is 0 Å². The molecule has 0 radical (unpaired) electrons. The smallest absolute Gasteiger partial charge is 0.318 e. The van der Waals surface area contributed by atoms with Gasteiger partial charge in [-0.2, -0.15) is 0 Å². The van der Waals surface area contributed by atoms with Crippen LogP contribution in [0.4, 0.5) is 9.93 Å². The number of aromatic nitrogens is 3. The lowest BCUT2D eigenvalue weighted by Gasteiger charge is -2.16. The molecule has 0 atom stereocenters. The number of pyridine rings is 2. The summed E-state index contributed by atoms with van der Waals surface area (Å²) in [5.41, 5.74) is 2.70. The van der Waals surface area contributed by atoms with E-state index in [0.29, 0.717) is 23.9 Å². The largest absolute Gasteiger partial charge is 0.361 e. The normalized spacial score (nSPS) is 13.1. The van der Waals surface area contributed by atoms with Gasteiger partial charge in [-0.05, 0) is 35.7 Å². The van der Waals surface area contributed by atoms with Gasteiger partial charge in [-0.3, -0.25) is 9.97 Å². The maximum Gasteiger partial charge on any atom is 0.318 e. The number of carbonyl (C=O) groups is 1. The zero-order valence-electron chi connectivity index (χ0n) is 16.9. The molecule has 0 saturated heterocycles. The molecule has 11 heteroatoms. The minimum atomic E-state index is -3.68. The van der Waals surface area contributed by atoms with Crippen LogP contribution in [0.1, 0.15) is 30.2 Å². The minimum absolute atomic E-state index is 0.0933. The Hall–Kier alpha value is -3.05. The van der Waals surface area contributed by atoms with Gasteiger partial charge in [0, 0.05) is 38.2 Å². The number of urea groups is 1. The molecule has 2 amide bonds. The van der Waals surface area contributed by atoms with E-state index < -0.39 is 9.84 Å². The molecule has 4 heterocycles. The Balaban J connectivity index is 1.36. The van der Waals surface area contributed by atoms with Crippen molar-refractivity contribution in [1.29, 1.82) is 0 Å². The number of hydrogen-bond acceptors (Lipinski definition) is 8. The molecule has 0 spiro atoms. The van der Waals surface area contributed by atoms with Gasteiger partial charge in [0.1, 0.15) is 4.21 Å². The molecule has 0 aromatic carbocycles. The van der Waals surface area contributed by atoms with Crippen molar-refractivity contribution in [3.05, 3.63) is 59.8 Å². The summed E-state index contributed by atoms with van der Waals surface area (Å²) in [7, 11) is -3.68. The molecule has 4 rings (SSSR count). The highest BCUT2D eigenvalue weighted by Crippen LogP contribution is 2.28. The summed E-state index contributed by atoms with van der Waals surface area (Å²) in [6, 6.07) is 4.81. The molecule has 0 fully saturated rings. The summed E-state index contributed by atoms with van der Waals surface area (Å²) in [6.07, 6.45) is 7.08. The predicted molar refractivity (Wildman–Crippen MR) is 116 cm³/mol. The van der Waals surface area contributed by atoms with E-state index in [2.05, 4.69) is 25.6 Å². The summed E-state index contributed by atoms with van der Waals surface area (Å²) in [4.78, 5) is 26.6. The molecule has 162 valence electrons. The van der Waals surface area contributed by atoms with Crippen molar-refractivity contribution in [2.45, 2.75) is 42.1 Å². The summed E-state index contributed by atoms with van der Waals surface area (Å²) in [5, 5.41) is 6.49. The number of thiazole rings is 1. The molecule has 0 aliphatic carbocycles. The van der Waals surface area contributed by atoms with Crippen LogP contribution < -0.4 is 10.6 Å². The van der Waals surface area contributed by atoms with Crippen molar-refractivity contribution in [2.75, 3.05) is 11.9 Å². The summed E-state index contributed by atoms with van der Waals surface area (Å²) >= 11 is 1.10. The molecular weight excluding hydrogens is 436 g/mol. The average molecular weight is 459 g/mol. The van der Waals surface area contributed by atoms with Crippen LogP contribution in [0.15, 0.2) is 52.1 Å². The Morgan fingerprint density at radius 3 is 2.71 bits per heavy atom. The topological polar surface area (TPSA) is 117 Å². The van der Waals surface area contributed by atoms with Crippen molar-refractivity contribution in [2.24, 2.45) is 0 Å². The third-order valence-corrected chi connectivity index (χ3v) is 7.97. The monoisotopic (exact) mass is 458 g/mol. The number of rotatable bonds is 7. The van der Waals surface area contributed by atoms with Crippen molar-refractivity contribution in [1.82, 2.24) is 25.2 Å². The molecule has 3 aromatic heterocycles. The molecular formula is C20H22N6O3S2. The molecule has 9 nitrogen and oxygen atoms in total. The van der Waals surface area contributed by atoms with Crippen molar-refractivity contribution >= 4 is 32.3 Å². The lowest BCUT2D eigenvalue weighted by molar-refractivity contribution is 0.198. The third kappa shape index (κ3) is 4.67. The first-order chi connectivity index (χ1) is 15.0. The van der Waals surface area contributed by atoms with Crippen LogP contribution in [0.5, 0.6) is 0 Å². The SMILES string of the molecule is CCCNc1ncc(S(=O)(=O)c2ccc(CNC(=O)N3Cc4ccncc4C3)nc2)s1. The van der Waals surface area contributed by atoms with E-state index in [0.717, 1.165) is 35.4 Å². The number of carbonyl (C=O) groups excluding carboxylic acids is 1. The Labute approximate surface area is 184 Å². The van der Waals surface area contributed by atoms with Gasteiger partial charge in [0.05, 0.1) is 23.3 Å². The molecule has 0 bridgehead atoms. The Morgan fingerprint density at radius 1 is 1.13 bits per heavy atom. The average Bonchev–Trinajstić information content (AvgIpc) is 3.44. The molecule has 1 aliphatic heterocycles. The lowest BCUT2D eigenvalue weighted by Crippen LogP contribution is -2.36. The number of amides is 2. The van der Waals surface area contributed by atoms with E-state index in [1.165, 1.54) is 18.5 Å². The number of nitrogens with one attached hydrogen (secondary N) is 2. The van der Waals surface area contributed by atoms with Crippen LogP contribution in [0.25, 0.3) is 0 Å². The van der Waals surface area contributed by atoms with Crippen molar-refractivity contribution < 1.29 is 13.2 Å². The fourth-order valence-corrected chi connectivity index (χ4v) is 5.53. The van der Waals surface area contributed by atoms with E-state index in [-0.39, 0.29) is 21.7 Å². The standard InChI is InChI=1S/C20H22N6O3S2/c1-2-6-22-19-24-11-18(30-19)31(28,29)17-4-3-16(23-10-17)9-25-20(27)26-12-14-5-7-21-8-15(14)13-26/h3-5,7-8,10-11H,2,6,9,12-13H2,1H3,(H,22,24)(H,25,27). The van der Waals surface area contributed by atoms with Gasteiger partial charge < -0.3 is 15.5 Å². The van der Waals surface area contributed by atoms with Crippen LogP contribution in [0.2, 0.25) is 0 Å². The van der Waals surface area contributed by atoms with Gasteiger partial charge >= 0.3 is 6.03 Å². The quantitative estimate of drug-likeness (QED) is 0.559. The summed E-state index contributed by atoms with van der Waals surface area (Å²) in [6.45, 7) is 4.02. The van der Waals surface area contributed by atoms with Gasteiger partial charge in [0.2, 0.25) is 9.84 Å². The fourth-order valence-electron chi connectivity index (χ4n) is 3.13. The van der Waals surface area contributed by atoms with Gasteiger partial charge in [-0.25, -0.2) is 18.2 Å². The van der Waals surface area contributed by atoms with Gasteiger partial charge in [0.15, 0.2) is 5.13 Å². The Morgan fingerprint density at radius 2 is 1.97 bits per heavy atom. The highest BCUT2D eigenvalue weighted by Gasteiger charge is 2.24.